The Balaban J connectivity index is 1.44. The molecule has 156 valence electrons. The van der Waals surface area contributed by atoms with Gasteiger partial charge < -0.3 is 9.64 Å². The van der Waals surface area contributed by atoms with Gasteiger partial charge in [-0.15, -0.1) is 0 Å². The third kappa shape index (κ3) is 3.64. The van der Waals surface area contributed by atoms with Gasteiger partial charge in [0, 0.05) is 28.8 Å². The number of amides is 1. The first-order valence-corrected chi connectivity index (χ1v) is 10.6. The van der Waals surface area contributed by atoms with Crippen LogP contribution in [0.25, 0.3) is 11.0 Å². The lowest BCUT2D eigenvalue weighted by Gasteiger charge is -2.29. The number of rotatable bonds is 4. The number of nitrogens with zero attached hydrogens (tertiary/aromatic N) is 4. The van der Waals surface area contributed by atoms with Crippen LogP contribution in [0.3, 0.4) is 0 Å². The van der Waals surface area contributed by atoms with E-state index < -0.39 is 0 Å². The number of halogens is 1. The molecule has 0 fully saturated rings. The van der Waals surface area contributed by atoms with E-state index in [0.717, 1.165) is 46.4 Å². The molecule has 2 aromatic carbocycles. The van der Waals surface area contributed by atoms with Gasteiger partial charge in [-0.2, -0.15) is 5.10 Å². The van der Waals surface area contributed by atoms with Gasteiger partial charge in [-0.25, -0.2) is 9.67 Å². The average molecular weight is 433 g/mol. The van der Waals surface area contributed by atoms with E-state index in [1.807, 2.05) is 53.4 Å². The van der Waals surface area contributed by atoms with Crippen molar-refractivity contribution in [1.82, 2.24) is 14.8 Å². The van der Waals surface area contributed by atoms with Crippen molar-refractivity contribution in [2.24, 2.45) is 0 Å². The van der Waals surface area contributed by atoms with Crippen molar-refractivity contribution >= 4 is 34.2 Å². The van der Waals surface area contributed by atoms with Crippen LogP contribution in [0, 0.1) is 0 Å². The monoisotopic (exact) mass is 432 g/mol. The zero-order valence-corrected chi connectivity index (χ0v) is 17.8. The molecule has 1 aliphatic rings. The predicted octanol–water partition coefficient (Wildman–Crippen LogP) is 4.73. The third-order valence-corrected chi connectivity index (χ3v) is 6.02. The highest BCUT2D eigenvalue weighted by Gasteiger charge is 2.24. The molecule has 0 unspecified atom stereocenters. The van der Waals surface area contributed by atoms with Gasteiger partial charge in [0.25, 0.3) is 5.91 Å². The summed E-state index contributed by atoms with van der Waals surface area (Å²) in [6.45, 7) is 1.20. The first kappa shape index (κ1) is 19.6. The summed E-state index contributed by atoms with van der Waals surface area (Å²) in [4.78, 5) is 19.7. The molecule has 1 aliphatic heterocycles. The summed E-state index contributed by atoms with van der Waals surface area (Å²) in [6.07, 6.45) is 5.22. The Morgan fingerprint density at radius 1 is 1.16 bits per heavy atom. The summed E-state index contributed by atoms with van der Waals surface area (Å²) in [5, 5.41) is 5.97. The Hall–Kier alpha value is -3.38. The molecule has 6 nitrogen and oxygen atoms in total. The van der Waals surface area contributed by atoms with E-state index in [1.165, 1.54) is 0 Å². The second-order valence-corrected chi connectivity index (χ2v) is 7.99. The first-order chi connectivity index (χ1) is 15.1. The number of aromatic nitrogens is 3. The minimum Gasteiger partial charge on any atom is -0.497 e. The highest BCUT2D eigenvalue weighted by molar-refractivity contribution is 6.31. The van der Waals surface area contributed by atoms with Crippen LogP contribution in [0.5, 0.6) is 5.75 Å². The number of ether oxygens (including phenoxy) is 1. The largest absolute Gasteiger partial charge is 0.497 e. The van der Waals surface area contributed by atoms with Crippen LogP contribution >= 0.6 is 11.6 Å². The maximum Gasteiger partial charge on any atom is 0.259 e. The molecule has 0 bridgehead atoms. The molecular formula is C24H21ClN4O2. The minimum atomic E-state index is -0.0561. The smallest absolute Gasteiger partial charge is 0.259 e. The van der Waals surface area contributed by atoms with E-state index in [1.54, 1.807) is 24.2 Å². The standard InChI is InChI=1S/C24H21ClN4O2/c1-31-20-8-9-22-16(12-20)6-4-10-28(22)24(30)19-11-18-14-27-29(23(18)26-13-19)15-17-5-2-3-7-21(17)25/h2-3,5,7-9,11-14H,4,6,10,15H2,1H3. The van der Waals surface area contributed by atoms with Gasteiger partial charge in [0.2, 0.25) is 0 Å². The number of carbonyl (C=O) groups excluding carboxylic acids is 1. The molecule has 0 saturated heterocycles. The van der Waals surface area contributed by atoms with Crippen LogP contribution < -0.4 is 9.64 Å². The summed E-state index contributed by atoms with van der Waals surface area (Å²) in [5.74, 6) is 0.751. The van der Waals surface area contributed by atoms with Crippen molar-refractivity contribution in [3.8, 4) is 5.75 Å². The lowest BCUT2D eigenvalue weighted by molar-refractivity contribution is 0.0985. The molecule has 0 spiro atoms. The first-order valence-electron chi connectivity index (χ1n) is 10.2. The highest BCUT2D eigenvalue weighted by atomic mass is 35.5. The predicted molar refractivity (Wildman–Crippen MR) is 121 cm³/mol. The van der Waals surface area contributed by atoms with E-state index in [-0.39, 0.29) is 5.91 Å². The molecule has 5 rings (SSSR count). The van der Waals surface area contributed by atoms with E-state index >= 15 is 0 Å². The van der Waals surface area contributed by atoms with Crippen molar-refractivity contribution in [2.45, 2.75) is 19.4 Å². The van der Waals surface area contributed by atoms with Gasteiger partial charge in [0.1, 0.15) is 5.75 Å². The number of benzene rings is 2. The van der Waals surface area contributed by atoms with E-state index in [4.69, 9.17) is 16.3 Å². The van der Waals surface area contributed by atoms with Crippen LogP contribution in [0.1, 0.15) is 27.9 Å². The normalized spacial score (nSPS) is 13.3. The Kier molecular flexibility index (Phi) is 5.08. The lowest BCUT2D eigenvalue weighted by Crippen LogP contribution is -2.35. The number of hydrogen-bond donors (Lipinski definition) is 0. The van der Waals surface area contributed by atoms with Crippen LogP contribution in [0.2, 0.25) is 5.02 Å². The fourth-order valence-electron chi connectivity index (χ4n) is 4.06. The number of anilines is 1. The van der Waals surface area contributed by atoms with Crippen molar-refractivity contribution in [1.29, 1.82) is 0 Å². The summed E-state index contributed by atoms with van der Waals surface area (Å²) < 4.78 is 7.13. The topological polar surface area (TPSA) is 60.2 Å². The quantitative estimate of drug-likeness (QED) is 0.467. The fraction of sp³-hybridized carbons (Fsp3) is 0.208. The van der Waals surface area contributed by atoms with Crippen LogP contribution in [-0.4, -0.2) is 34.3 Å². The van der Waals surface area contributed by atoms with E-state index in [2.05, 4.69) is 10.1 Å². The van der Waals surface area contributed by atoms with Crippen molar-refractivity contribution in [2.75, 3.05) is 18.6 Å². The maximum absolute atomic E-state index is 13.3. The molecule has 0 saturated carbocycles. The molecule has 7 heteroatoms. The second kappa shape index (κ2) is 8.04. The van der Waals surface area contributed by atoms with Crippen molar-refractivity contribution in [3.05, 3.63) is 82.6 Å². The molecule has 31 heavy (non-hydrogen) atoms. The summed E-state index contributed by atoms with van der Waals surface area (Å²) >= 11 is 6.29. The Labute approximate surface area is 185 Å². The molecule has 0 aliphatic carbocycles. The minimum absolute atomic E-state index is 0.0561. The van der Waals surface area contributed by atoms with E-state index in [9.17, 15) is 4.79 Å². The zero-order chi connectivity index (χ0) is 21.4. The lowest BCUT2D eigenvalue weighted by atomic mass is 10.0. The van der Waals surface area contributed by atoms with Gasteiger partial charge in [0.15, 0.2) is 5.65 Å². The van der Waals surface area contributed by atoms with Crippen molar-refractivity contribution < 1.29 is 9.53 Å². The Bertz CT molecular complexity index is 1280. The number of methoxy groups -OCH3 is 1. The SMILES string of the molecule is COc1ccc2c(c1)CCCN2C(=O)c1cnc2c(cnn2Cc2ccccc2Cl)c1. The third-order valence-electron chi connectivity index (χ3n) is 5.65. The summed E-state index contributed by atoms with van der Waals surface area (Å²) in [7, 11) is 1.65. The number of aryl methyl sites for hydroxylation is 1. The number of pyridine rings is 1. The van der Waals surface area contributed by atoms with Gasteiger partial charge >= 0.3 is 0 Å². The fourth-order valence-corrected chi connectivity index (χ4v) is 4.26. The molecule has 2 aromatic heterocycles. The molecule has 0 N–H and O–H groups in total. The maximum atomic E-state index is 13.3. The number of fused-ring (bicyclic) bond motifs is 2. The summed E-state index contributed by atoms with van der Waals surface area (Å²) in [6, 6.07) is 15.4. The Morgan fingerprint density at radius 2 is 2.03 bits per heavy atom. The second-order valence-electron chi connectivity index (χ2n) is 7.59. The molecule has 3 heterocycles. The average Bonchev–Trinajstić information content (AvgIpc) is 3.21. The van der Waals surface area contributed by atoms with Crippen LogP contribution in [0.4, 0.5) is 5.69 Å². The zero-order valence-electron chi connectivity index (χ0n) is 17.1. The molecule has 1 amide bonds. The van der Waals surface area contributed by atoms with E-state index in [0.29, 0.717) is 23.7 Å². The molecule has 4 aromatic rings. The van der Waals surface area contributed by atoms with Crippen molar-refractivity contribution in [3.63, 3.8) is 0 Å². The molecular weight excluding hydrogens is 412 g/mol. The van der Waals surface area contributed by atoms with Gasteiger partial charge in [-0.1, -0.05) is 29.8 Å². The van der Waals surface area contributed by atoms with Gasteiger partial charge in [-0.05, 0) is 54.3 Å². The highest BCUT2D eigenvalue weighted by Crippen LogP contribution is 2.31. The summed E-state index contributed by atoms with van der Waals surface area (Å²) in [5.41, 5.74) is 4.30. The van der Waals surface area contributed by atoms with Crippen LogP contribution in [0.15, 0.2) is 60.9 Å². The van der Waals surface area contributed by atoms with Gasteiger partial charge in [0.05, 0.1) is 25.4 Å². The molecule has 0 radical (unpaired) electrons. The number of hydrogen-bond acceptors (Lipinski definition) is 4. The van der Waals surface area contributed by atoms with Crippen LogP contribution in [-0.2, 0) is 13.0 Å². The Morgan fingerprint density at radius 3 is 2.87 bits per heavy atom. The van der Waals surface area contributed by atoms with Gasteiger partial charge in [-0.3, -0.25) is 4.79 Å². The molecule has 0 atom stereocenters. The number of carbonyl (C=O) groups is 1.